The van der Waals surface area contributed by atoms with E-state index in [4.69, 9.17) is 0 Å². The molecule has 0 spiro atoms. The van der Waals surface area contributed by atoms with E-state index in [9.17, 15) is 4.79 Å². The third kappa shape index (κ3) is 3.20. The van der Waals surface area contributed by atoms with E-state index in [0.29, 0.717) is 12.5 Å². The molecule has 0 unspecified atom stereocenters. The number of carbonyl (C=O) groups excluding carboxylic acids is 1. The Bertz CT molecular complexity index is 1080. The number of anilines is 1. The highest BCUT2D eigenvalue weighted by molar-refractivity contribution is 5.91. The van der Waals surface area contributed by atoms with Crippen molar-refractivity contribution >= 4 is 11.7 Å². The highest BCUT2D eigenvalue weighted by atomic mass is 16.2. The van der Waals surface area contributed by atoms with E-state index in [1.807, 2.05) is 4.90 Å². The fourth-order valence-corrected chi connectivity index (χ4v) is 5.16. The van der Waals surface area contributed by atoms with Gasteiger partial charge in [0.05, 0.1) is 18.3 Å². The summed E-state index contributed by atoms with van der Waals surface area (Å²) in [7, 11) is 0. The number of para-hydroxylation sites is 1. The van der Waals surface area contributed by atoms with Gasteiger partial charge in [-0.2, -0.15) is 0 Å². The molecule has 2 amide bonds. The molecule has 5 rings (SSSR count). The van der Waals surface area contributed by atoms with Crippen molar-refractivity contribution < 1.29 is 4.79 Å². The average molecular weight is 400 g/mol. The number of aromatic nitrogens is 1. The number of hydrogen-bond donors (Lipinski definition) is 1. The van der Waals surface area contributed by atoms with Crippen LogP contribution in [0, 0.1) is 5.92 Å². The van der Waals surface area contributed by atoms with Gasteiger partial charge in [0.15, 0.2) is 0 Å². The van der Waals surface area contributed by atoms with Crippen LogP contribution in [-0.4, -0.2) is 15.5 Å². The zero-order chi connectivity index (χ0) is 20.7. The molecule has 0 bridgehead atoms. The average Bonchev–Trinajstić information content (AvgIpc) is 3.17. The second-order valence-electron chi connectivity index (χ2n) is 8.83. The summed E-state index contributed by atoms with van der Waals surface area (Å²) < 4.78 is 2.25. The first-order chi connectivity index (χ1) is 14.6. The Hall–Kier alpha value is -3.01. The van der Waals surface area contributed by atoms with Gasteiger partial charge in [-0.1, -0.05) is 44.2 Å². The number of carbonyl (C=O) groups is 1. The van der Waals surface area contributed by atoms with Gasteiger partial charge < -0.3 is 14.8 Å². The standard InChI is InChI=1S/C26H29N3O/c1-18(2)25-24-15-8-16-28(24)23-14-6-4-10-20(23)17-29(25)26(30)27-22-13-7-11-19-9-3-5-12-21(19)22/h4,6-8,10-11,13-16,18,25H,3,5,9,12,17H2,1-2H3,(H,27,30)/t25-/m1/s1. The van der Waals surface area contributed by atoms with E-state index in [1.54, 1.807) is 0 Å². The summed E-state index contributed by atoms with van der Waals surface area (Å²) >= 11 is 0. The minimum absolute atomic E-state index is 0.00642. The largest absolute Gasteiger partial charge is 0.322 e. The SMILES string of the molecule is CC(C)[C@@H]1c2cccn2-c2ccccc2CN1C(=O)Nc1cccc2c1CCCC2. The lowest BCUT2D eigenvalue weighted by atomic mass is 9.90. The predicted molar refractivity (Wildman–Crippen MR) is 121 cm³/mol. The van der Waals surface area contributed by atoms with Gasteiger partial charge in [-0.05, 0) is 72.6 Å². The van der Waals surface area contributed by atoms with Gasteiger partial charge in [0.2, 0.25) is 0 Å². The molecule has 1 aliphatic heterocycles. The first kappa shape index (κ1) is 19.0. The molecule has 0 fully saturated rings. The van der Waals surface area contributed by atoms with Gasteiger partial charge in [-0.15, -0.1) is 0 Å². The first-order valence-corrected chi connectivity index (χ1v) is 11.1. The molecule has 30 heavy (non-hydrogen) atoms. The highest BCUT2D eigenvalue weighted by Crippen LogP contribution is 2.37. The van der Waals surface area contributed by atoms with Crippen LogP contribution >= 0.6 is 0 Å². The third-order valence-corrected chi connectivity index (χ3v) is 6.54. The zero-order valence-corrected chi connectivity index (χ0v) is 17.8. The number of urea groups is 1. The molecule has 2 aromatic carbocycles. The van der Waals surface area contributed by atoms with E-state index in [-0.39, 0.29) is 12.1 Å². The first-order valence-electron chi connectivity index (χ1n) is 11.1. The predicted octanol–water partition coefficient (Wildman–Crippen LogP) is 6.10. The van der Waals surface area contributed by atoms with E-state index in [2.05, 4.69) is 84.5 Å². The smallest absolute Gasteiger partial charge is 0.318 e. The summed E-state index contributed by atoms with van der Waals surface area (Å²) in [6.45, 7) is 4.99. The van der Waals surface area contributed by atoms with Crippen LogP contribution < -0.4 is 5.32 Å². The van der Waals surface area contributed by atoms with Crippen molar-refractivity contribution in [2.45, 2.75) is 52.1 Å². The van der Waals surface area contributed by atoms with Crippen LogP contribution in [0.3, 0.4) is 0 Å². The maximum absolute atomic E-state index is 13.7. The molecule has 4 heteroatoms. The number of nitrogens with one attached hydrogen (secondary N) is 1. The van der Waals surface area contributed by atoms with Crippen LogP contribution in [0.1, 0.15) is 55.1 Å². The Morgan fingerprint density at radius 3 is 2.63 bits per heavy atom. The molecule has 3 aromatic rings. The lowest BCUT2D eigenvalue weighted by Gasteiger charge is -2.33. The second kappa shape index (κ2) is 7.67. The lowest BCUT2D eigenvalue weighted by Crippen LogP contribution is -2.39. The van der Waals surface area contributed by atoms with Gasteiger partial charge in [0, 0.05) is 17.6 Å². The van der Waals surface area contributed by atoms with Crippen molar-refractivity contribution in [3.05, 3.63) is 83.2 Å². The topological polar surface area (TPSA) is 37.3 Å². The van der Waals surface area contributed by atoms with Crippen LogP contribution in [-0.2, 0) is 19.4 Å². The molecule has 0 radical (unpaired) electrons. The number of fused-ring (bicyclic) bond motifs is 4. The fourth-order valence-electron chi connectivity index (χ4n) is 5.16. The van der Waals surface area contributed by atoms with Crippen molar-refractivity contribution in [1.82, 2.24) is 9.47 Å². The van der Waals surface area contributed by atoms with Crippen LogP contribution in [0.4, 0.5) is 10.5 Å². The summed E-state index contributed by atoms with van der Waals surface area (Å²) in [5, 5.41) is 3.28. The summed E-state index contributed by atoms with van der Waals surface area (Å²) in [5.41, 5.74) is 7.18. The maximum Gasteiger partial charge on any atom is 0.322 e. The molecule has 0 saturated heterocycles. The summed E-state index contributed by atoms with van der Waals surface area (Å²) in [5.74, 6) is 0.295. The summed E-state index contributed by atoms with van der Waals surface area (Å²) in [6, 6.07) is 19.0. The summed E-state index contributed by atoms with van der Waals surface area (Å²) in [4.78, 5) is 15.7. The molecule has 154 valence electrons. The van der Waals surface area contributed by atoms with E-state index >= 15 is 0 Å². The molecule has 0 saturated carbocycles. The van der Waals surface area contributed by atoms with Crippen molar-refractivity contribution in [2.75, 3.05) is 5.32 Å². The maximum atomic E-state index is 13.7. The van der Waals surface area contributed by atoms with Crippen LogP contribution in [0.15, 0.2) is 60.8 Å². The number of nitrogens with zero attached hydrogens (tertiary/aromatic N) is 2. The van der Waals surface area contributed by atoms with Crippen LogP contribution in [0.5, 0.6) is 0 Å². The van der Waals surface area contributed by atoms with Gasteiger partial charge in [-0.25, -0.2) is 4.79 Å². The minimum Gasteiger partial charge on any atom is -0.318 e. The second-order valence-corrected chi connectivity index (χ2v) is 8.83. The Morgan fingerprint density at radius 2 is 1.77 bits per heavy atom. The van der Waals surface area contributed by atoms with Gasteiger partial charge in [0.25, 0.3) is 0 Å². The number of aryl methyl sites for hydroxylation is 1. The Kier molecular flexibility index (Phi) is 4.86. The third-order valence-electron chi connectivity index (χ3n) is 6.54. The fraction of sp³-hybridized carbons (Fsp3) is 0.346. The van der Waals surface area contributed by atoms with Crippen molar-refractivity contribution in [3.8, 4) is 5.69 Å². The van der Waals surface area contributed by atoms with Crippen LogP contribution in [0.2, 0.25) is 0 Å². The minimum atomic E-state index is -0.0165. The quantitative estimate of drug-likeness (QED) is 0.555. The Labute approximate surface area is 178 Å². The molecule has 1 aliphatic carbocycles. The summed E-state index contributed by atoms with van der Waals surface area (Å²) in [6.07, 6.45) is 6.70. The number of amides is 2. The Balaban J connectivity index is 1.54. The van der Waals surface area contributed by atoms with E-state index in [1.165, 1.54) is 35.2 Å². The normalized spacial score (nSPS) is 17.7. The molecule has 2 heterocycles. The molecule has 1 N–H and O–H groups in total. The number of benzene rings is 2. The van der Waals surface area contributed by atoms with Gasteiger partial charge in [-0.3, -0.25) is 0 Å². The van der Waals surface area contributed by atoms with E-state index < -0.39 is 0 Å². The lowest BCUT2D eigenvalue weighted by molar-refractivity contribution is 0.162. The van der Waals surface area contributed by atoms with Gasteiger partial charge in [0.1, 0.15) is 0 Å². The highest BCUT2D eigenvalue weighted by Gasteiger charge is 2.34. The zero-order valence-electron chi connectivity index (χ0n) is 17.8. The Morgan fingerprint density at radius 1 is 0.967 bits per heavy atom. The van der Waals surface area contributed by atoms with E-state index in [0.717, 1.165) is 24.2 Å². The molecule has 1 atom stereocenters. The van der Waals surface area contributed by atoms with Crippen molar-refractivity contribution in [2.24, 2.45) is 5.92 Å². The molecule has 1 aromatic heterocycles. The molecule has 4 nitrogen and oxygen atoms in total. The van der Waals surface area contributed by atoms with Crippen molar-refractivity contribution in [3.63, 3.8) is 0 Å². The number of rotatable bonds is 2. The number of hydrogen-bond acceptors (Lipinski definition) is 1. The molecule has 2 aliphatic rings. The molecular weight excluding hydrogens is 370 g/mol. The molecular formula is C26H29N3O. The van der Waals surface area contributed by atoms with Gasteiger partial charge >= 0.3 is 6.03 Å². The van der Waals surface area contributed by atoms with Crippen molar-refractivity contribution in [1.29, 1.82) is 0 Å². The van der Waals surface area contributed by atoms with Crippen LogP contribution in [0.25, 0.3) is 5.69 Å². The monoisotopic (exact) mass is 399 g/mol.